The Labute approximate surface area is 87.2 Å². The average Bonchev–Trinajstić information content (AvgIpc) is 2.73. The molecule has 2 rings (SSSR count). The summed E-state index contributed by atoms with van der Waals surface area (Å²) in [7, 11) is 0. The number of rotatable bonds is 4. The summed E-state index contributed by atoms with van der Waals surface area (Å²) in [4.78, 5) is 6.22. The van der Waals surface area contributed by atoms with E-state index < -0.39 is 0 Å². The Hall–Kier alpha value is -1.69. The summed E-state index contributed by atoms with van der Waals surface area (Å²) in [5.41, 5.74) is 0.716. The lowest BCUT2D eigenvalue weighted by atomic mass is 10.4. The summed E-state index contributed by atoms with van der Waals surface area (Å²) in [6, 6.07) is 0. The van der Waals surface area contributed by atoms with E-state index in [0.29, 0.717) is 12.2 Å². The van der Waals surface area contributed by atoms with Crippen molar-refractivity contribution in [1.82, 2.24) is 19.6 Å². The van der Waals surface area contributed by atoms with Crippen LogP contribution in [0, 0.1) is 0 Å². The van der Waals surface area contributed by atoms with Crippen LogP contribution in [-0.4, -0.2) is 44.4 Å². The van der Waals surface area contributed by atoms with Gasteiger partial charge in [-0.1, -0.05) is 0 Å². The van der Waals surface area contributed by atoms with Crippen LogP contribution in [0.2, 0.25) is 0 Å². The predicted molar refractivity (Wildman–Crippen MR) is 55.8 cm³/mol. The molecule has 0 atom stereocenters. The van der Waals surface area contributed by atoms with Gasteiger partial charge in [-0.05, 0) is 6.92 Å². The van der Waals surface area contributed by atoms with Crippen molar-refractivity contribution in [1.29, 1.82) is 0 Å². The second-order valence-corrected chi connectivity index (χ2v) is 3.12. The third kappa shape index (κ3) is 1.75. The molecule has 0 saturated carbocycles. The molecule has 0 aliphatic carbocycles. The normalized spacial score (nSPS) is 10.8. The van der Waals surface area contributed by atoms with Crippen molar-refractivity contribution in [3.8, 4) is 0 Å². The van der Waals surface area contributed by atoms with Crippen LogP contribution < -0.4 is 4.90 Å². The van der Waals surface area contributed by atoms with Crippen LogP contribution in [-0.2, 0) is 0 Å². The van der Waals surface area contributed by atoms with E-state index in [9.17, 15) is 0 Å². The van der Waals surface area contributed by atoms with Gasteiger partial charge < -0.3 is 10.0 Å². The largest absolute Gasteiger partial charge is 0.395 e. The molecule has 0 amide bonds. The van der Waals surface area contributed by atoms with Gasteiger partial charge in [-0.15, -0.1) is 10.2 Å². The van der Waals surface area contributed by atoms with Crippen molar-refractivity contribution in [2.75, 3.05) is 24.6 Å². The fourth-order valence-electron chi connectivity index (χ4n) is 1.50. The minimum Gasteiger partial charge on any atom is -0.395 e. The highest BCUT2D eigenvalue weighted by Crippen LogP contribution is 2.14. The first-order valence-electron chi connectivity index (χ1n) is 4.87. The topological polar surface area (TPSA) is 66.5 Å². The molecule has 2 aromatic heterocycles. The number of likely N-dealkylation sites (N-methyl/N-ethyl adjacent to an activating group) is 1. The summed E-state index contributed by atoms with van der Waals surface area (Å²) < 4.78 is 1.81. The molecule has 0 fully saturated rings. The SMILES string of the molecule is CCN(CCO)c1nccn2cnnc12. The third-order valence-electron chi connectivity index (χ3n) is 2.25. The van der Waals surface area contributed by atoms with Crippen LogP contribution in [0.3, 0.4) is 0 Å². The number of aliphatic hydroxyl groups is 1. The van der Waals surface area contributed by atoms with Gasteiger partial charge in [-0.25, -0.2) is 4.98 Å². The fourth-order valence-corrected chi connectivity index (χ4v) is 1.50. The highest BCUT2D eigenvalue weighted by molar-refractivity contribution is 5.63. The Bertz CT molecular complexity index is 441. The van der Waals surface area contributed by atoms with E-state index >= 15 is 0 Å². The molecular formula is C9H13N5O. The molecular weight excluding hydrogens is 194 g/mol. The molecule has 15 heavy (non-hydrogen) atoms. The lowest BCUT2D eigenvalue weighted by Crippen LogP contribution is -2.27. The molecule has 2 heterocycles. The minimum absolute atomic E-state index is 0.102. The number of hydrogen-bond acceptors (Lipinski definition) is 5. The lowest BCUT2D eigenvalue weighted by Gasteiger charge is -2.20. The van der Waals surface area contributed by atoms with E-state index in [1.165, 1.54) is 0 Å². The molecule has 80 valence electrons. The van der Waals surface area contributed by atoms with E-state index in [0.717, 1.165) is 12.4 Å². The summed E-state index contributed by atoms with van der Waals surface area (Å²) in [6.07, 6.45) is 5.13. The van der Waals surface area contributed by atoms with Crippen LogP contribution in [0.15, 0.2) is 18.7 Å². The second kappa shape index (κ2) is 4.22. The first-order chi connectivity index (χ1) is 7.36. The van der Waals surface area contributed by atoms with Crippen LogP contribution in [0.1, 0.15) is 6.92 Å². The summed E-state index contributed by atoms with van der Waals surface area (Å²) in [5, 5.41) is 16.8. The van der Waals surface area contributed by atoms with Crippen molar-refractivity contribution in [3.63, 3.8) is 0 Å². The summed E-state index contributed by atoms with van der Waals surface area (Å²) in [6.45, 7) is 3.44. The molecule has 0 aliphatic rings. The maximum atomic E-state index is 8.94. The number of hydrogen-bond donors (Lipinski definition) is 1. The van der Waals surface area contributed by atoms with Gasteiger partial charge in [0.25, 0.3) is 0 Å². The number of aliphatic hydroxyl groups excluding tert-OH is 1. The lowest BCUT2D eigenvalue weighted by molar-refractivity contribution is 0.302. The van der Waals surface area contributed by atoms with Crippen molar-refractivity contribution in [2.24, 2.45) is 0 Å². The monoisotopic (exact) mass is 207 g/mol. The molecule has 0 spiro atoms. The van der Waals surface area contributed by atoms with Gasteiger partial charge in [-0.2, -0.15) is 0 Å². The minimum atomic E-state index is 0.102. The molecule has 6 heteroatoms. The number of fused-ring (bicyclic) bond motifs is 1. The van der Waals surface area contributed by atoms with Gasteiger partial charge in [0.15, 0.2) is 5.82 Å². The molecule has 6 nitrogen and oxygen atoms in total. The van der Waals surface area contributed by atoms with Crippen LogP contribution in [0.5, 0.6) is 0 Å². The van der Waals surface area contributed by atoms with E-state index in [1.807, 2.05) is 16.2 Å². The Balaban J connectivity index is 2.44. The van der Waals surface area contributed by atoms with E-state index in [4.69, 9.17) is 5.11 Å². The van der Waals surface area contributed by atoms with Crippen molar-refractivity contribution < 1.29 is 5.11 Å². The standard InChI is InChI=1S/C9H13N5O/c1-2-13(5-6-15)8-9-12-11-7-14(9)4-3-10-8/h3-4,7,15H,2,5-6H2,1H3. The highest BCUT2D eigenvalue weighted by Gasteiger charge is 2.10. The zero-order valence-electron chi connectivity index (χ0n) is 8.54. The molecule has 0 bridgehead atoms. The van der Waals surface area contributed by atoms with Crippen LogP contribution in [0.4, 0.5) is 5.82 Å². The Morgan fingerprint density at radius 3 is 3.13 bits per heavy atom. The fraction of sp³-hybridized carbons (Fsp3) is 0.444. The Morgan fingerprint density at radius 2 is 2.40 bits per heavy atom. The van der Waals surface area contributed by atoms with Crippen molar-refractivity contribution >= 4 is 11.5 Å². The summed E-state index contributed by atoms with van der Waals surface area (Å²) >= 11 is 0. The molecule has 1 N–H and O–H groups in total. The first kappa shape index (κ1) is 9.85. The second-order valence-electron chi connectivity index (χ2n) is 3.12. The summed E-state index contributed by atoms with van der Waals surface area (Å²) in [5.74, 6) is 0.756. The van der Waals surface area contributed by atoms with Gasteiger partial charge in [0.1, 0.15) is 6.33 Å². The molecule has 0 saturated heterocycles. The van der Waals surface area contributed by atoms with Gasteiger partial charge in [-0.3, -0.25) is 4.40 Å². The van der Waals surface area contributed by atoms with Gasteiger partial charge in [0, 0.05) is 25.5 Å². The third-order valence-corrected chi connectivity index (χ3v) is 2.25. The van der Waals surface area contributed by atoms with Gasteiger partial charge >= 0.3 is 0 Å². The molecule has 0 aliphatic heterocycles. The van der Waals surface area contributed by atoms with Crippen LogP contribution >= 0.6 is 0 Å². The first-order valence-corrected chi connectivity index (χ1v) is 4.87. The maximum Gasteiger partial charge on any atom is 0.203 e. The molecule has 0 unspecified atom stereocenters. The number of anilines is 1. The van der Waals surface area contributed by atoms with Gasteiger partial charge in [0.2, 0.25) is 5.65 Å². The Morgan fingerprint density at radius 1 is 1.53 bits per heavy atom. The van der Waals surface area contributed by atoms with E-state index in [-0.39, 0.29) is 6.61 Å². The zero-order valence-corrected chi connectivity index (χ0v) is 8.54. The van der Waals surface area contributed by atoms with Crippen molar-refractivity contribution in [3.05, 3.63) is 18.7 Å². The van der Waals surface area contributed by atoms with Crippen LogP contribution in [0.25, 0.3) is 5.65 Å². The number of nitrogens with zero attached hydrogens (tertiary/aromatic N) is 5. The van der Waals surface area contributed by atoms with Crippen molar-refractivity contribution in [2.45, 2.75) is 6.92 Å². The number of aromatic nitrogens is 4. The van der Waals surface area contributed by atoms with E-state index in [2.05, 4.69) is 15.2 Å². The molecule has 0 radical (unpaired) electrons. The van der Waals surface area contributed by atoms with E-state index in [1.54, 1.807) is 18.7 Å². The molecule has 2 aromatic rings. The molecule has 0 aromatic carbocycles. The quantitative estimate of drug-likeness (QED) is 0.761. The zero-order chi connectivity index (χ0) is 10.7. The smallest absolute Gasteiger partial charge is 0.203 e. The predicted octanol–water partition coefficient (Wildman–Crippen LogP) is -0.0571. The maximum absolute atomic E-state index is 8.94. The average molecular weight is 207 g/mol. The highest BCUT2D eigenvalue weighted by atomic mass is 16.3. The van der Waals surface area contributed by atoms with Gasteiger partial charge in [0.05, 0.1) is 6.61 Å². The Kier molecular flexibility index (Phi) is 2.77.